The number of sulfonamides is 1. The van der Waals surface area contributed by atoms with E-state index in [0.717, 1.165) is 32.1 Å². The molecule has 0 heterocycles. The minimum Gasteiger partial charge on any atom is -0.352 e. The minimum absolute atomic E-state index is 0.0843. The number of hydrogen-bond acceptors (Lipinski definition) is 4. The average Bonchev–Trinajstić information content (AvgIpc) is 2.98. The summed E-state index contributed by atoms with van der Waals surface area (Å²) in [5, 5.41) is 2.98. The number of carbonyl (C=O) groups excluding carboxylic acids is 2. The Hall–Kier alpha value is -4.43. The number of rotatable bonds is 12. The first-order chi connectivity index (χ1) is 20.9. The van der Waals surface area contributed by atoms with E-state index in [2.05, 4.69) is 5.32 Å². The van der Waals surface area contributed by atoms with Gasteiger partial charge in [0.2, 0.25) is 11.8 Å². The van der Waals surface area contributed by atoms with Gasteiger partial charge in [-0.3, -0.25) is 13.9 Å². The van der Waals surface area contributed by atoms with Crippen LogP contribution in [0.2, 0.25) is 0 Å². The maximum absolute atomic E-state index is 14.5. The molecule has 8 heteroatoms. The third-order valence-corrected chi connectivity index (χ3v) is 9.10. The Morgan fingerprint density at radius 3 is 1.95 bits per heavy atom. The van der Waals surface area contributed by atoms with E-state index in [9.17, 15) is 18.0 Å². The molecular weight excluding hydrogens is 570 g/mol. The summed E-state index contributed by atoms with van der Waals surface area (Å²) < 4.78 is 29.4. The zero-order valence-electron chi connectivity index (χ0n) is 26.0. The van der Waals surface area contributed by atoms with Crippen molar-refractivity contribution in [2.24, 2.45) is 0 Å². The number of amides is 2. The molecule has 2 amide bonds. The Morgan fingerprint density at radius 1 is 0.727 bits per heavy atom. The summed E-state index contributed by atoms with van der Waals surface area (Å²) in [5.74, 6) is -0.781. The van der Waals surface area contributed by atoms with Gasteiger partial charge >= 0.3 is 0 Å². The smallest absolute Gasteiger partial charge is 0.264 e. The van der Waals surface area contributed by atoms with Crippen molar-refractivity contribution < 1.29 is 18.0 Å². The van der Waals surface area contributed by atoms with Gasteiger partial charge in [0.15, 0.2) is 0 Å². The highest BCUT2D eigenvalue weighted by Crippen LogP contribution is 2.26. The van der Waals surface area contributed by atoms with Gasteiger partial charge in [-0.1, -0.05) is 90.0 Å². The van der Waals surface area contributed by atoms with Crippen molar-refractivity contribution in [2.75, 3.05) is 10.8 Å². The van der Waals surface area contributed by atoms with E-state index >= 15 is 0 Å². The lowest BCUT2D eigenvalue weighted by atomic mass is 10.0. The van der Waals surface area contributed by atoms with Crippen molar-refractivity contribution in [3.05, 3.63) is 131 Å². The minimum atomic E-state index is -4.13. The molecule has 4 rings (SSSR count). The lowest BCUT2D eigenvalue weighted by Gasteiger charge is -2.34. The first-order valence-corrected chi connectivity index (χ1v) is 16.2. The fraction of sp³-hybridized carbons (Fsp3) is 0.278. The van der Waals surface area contributed by atoms with Crippen LogP contribution < -0.4 is 9.62 Å². The summed E-state index contributed by atoms with van der Waals surface area (Å²) in [6.07, 6.45) is 0.270. The largest absolute Gasteiger partial charge is 0.352 e. The van der Waals surface area contributed by atoms with Gasteiger partial charge in [-0.25, -0.2) is 8.42 Å². The molecule has 0 spiro atoms. The van der Waals surface area contributed by atoms with E-state index in [1.807, 2.05) is 95.3 Å². The van der Waals surface area contributed by atoms with Gasteiger partial charge in [-0.05, 0) is 75.6 Å². The number of carbonyl (C=O) groups is 2. The molecule has 0 aliphatic heterocycles. The Kier molecular flexibility index (Phi) is 10.6. The third kappa shape index (κ3) is 8.35. The number of hydrogen-bond donors (Lipinski definition) is 1. The molecule has 230 valence electrons. The Labute approximate surface area is 261 Å². The number of aryl methyl sites for hydroxylation is 3. The Balaban J connectivity index is 1.81. The van der Waals surface area contributed by atoms with Gasteiger partial charge in [-0.15, -0.1) is 0 Å². The number of nitrogens with one attached hydrogen (secondary N) is 1. The fourth-order valence-electron chi connectivity index (χ4n) is 5.09. The molecule has 0 radical (unpaired) electrons. The van der Waals surface area contributed by atoms with Crippen LogP contribution in [0.25, 0.3) is 0 Å². The summed E-state index contributed by atoms with van der Waals surface area (Å²) in [4.78, 5) is 29.9. The van der Waals surface area contributed by atoms with E-state index in [1.54, 1.807) is 42.5 Å². The normalized spacial score (nSPS) is 12.0. The molecule has 0 aliphatic carbocycles. The predicted octanol–water partition coefficient (Wildman–Crippen LogP) is 5.97. The lowest BCUT2D eigenvalue weighted by molar-refractivity contribution is -0.140. The van der Waals surface area contributed by atoms with Crippen LogP contribution in [-0.2, 0) is 32.6 Å². The maximum atomic E-state index is 14.5. The summed E-state index contributed by atoms with van der Waals surface area (Å²) >= 11 is 0. The molecule has 4 aromatic rings. The zero-order chi connectivity index (χ0) is 31.9. The first-order valence-electron chi connectivity index (χ1n) is 14.8. The van der Waals surface area contributed by atoms with Crippen LogP contribution in [0.1, 0.15) is 41.7 Å². The first kappa shape index (κ1) is 32.5. The molecule has 0 bridgehead atoms. The number of benzene rings is 4. The molecule has 0 saturated heterocycles. The molecule has 0 fully saturated rings. The average molecular weight is 612 g/mol. The quantitative estimate of drug-likeness (QED) is 0.214. The second kappa shape index (κ2) is 14.4. The van der Waals surface area contributed by atoms with Crippen molar-refractivity contribution in [3.8, 4) is 0 Å². The molecular formula is C36H41N3O4S. The van der Waals surface area contributed by atoms with Gasteiger partial charge in [0.1, 0.15) is 12.6 Å². The predicted molar refractivity (Wildman–Crippen MR) is 176 cm³/mol. The molecule has 0 unspecified atom stereocenters. The summed E-state index contributed by atoms with van der Waals surface area (Å²) in [6.45, 7) is 9.13. The van der Waals surface area contributed by atoms with Crippen LogP contribution in [0.3, 0.4) is 0 Å². The highest BCUT2D eigenvalue weighted by molar-refractivity contribution is 7.92. The van der Waals surface area contributed by atoms with Crippen molar-refractivity contribution >= 4 is 27.5 Å². The molecule has 7 nitrogen and oxygen atoms in total. The molecule has 0 saturated carbocycles. The molecule has 1 N–H and O–H groups in total. The summed E-state index contributed by atoms with van der Waals surface area (Å²) in [7, 11) is -4.13. The molecule has 1 atom stereocenters. The van der Waals surface area contributed by atoms with Crippen LogP contribution in [0.4, 0.5) is 5.69 Å². The van der Waals surface area contributed by atoms with Gasteiger partial charge in [0.05, 0.1) is 10.6 Å². The van der Waals surface area contributed by atoms with E-state index < -0.39 is 28.5 Å². The SMILES string of the molecule is Cc1ccc(S(=O)(=O)N(CC(=O)N(Cc2cccc(C)c2)[C@H](Cc2ccccc2)C(=O)NC(C)C)c2cccc(C)c2)cc1. The van der Waals surface area contributed by atoms with Gasteiger partial charge in [-0.2, -0.15) is 0 Å². The molecule has 0 aromatic heterocycles. The van der Waals surface area contributed by atoms with E-state index in [-0.39, 0.29) is 29.8 Å². The second-order valence-electron chi connectivity index (χ2n) is 11.5. The standard InChI is InChI=1S/C36H41N3O4S/c1-26(2)37-36(41)34(23-30-13-7-6-8-14-30)38(24-31-15-9-11-28(4)21-31)35(40)25-39(32-16-10-12-29(5)22-32)44(42,43)33-19-17-27(3)18-20-33/h6-22,26,34H,23-25H2,1-5H3,(H,37,41)/t34-/m1/s1. The van der Waals surface area contributed by atoms with Crippen LogP contribution in [-0.4, -0.2) is 43.8 Å². The van der Waals surface area contributed by atoms with E-state index in [1.165, 1.54) is 4.90 Å². The number of anilines is 1. The second-order valence-corrected chi connectivity index (χ2v) is 13.4. The fourth-order valence-corrected chi connectivity index (χ4v) is 6.50. The Bertz CT molecular complexity index is 1690. The van der Waals surface area contributed by atoms with Gasteiger partial charge < -0.3 is 10.2 Å². The van der Waals surface area contributed by atoms with Crippen molar-refractivity contribution in [1.82, 2.24) is 10.2 Å². The Morgan fingerprint density at radius 2 is 1.34 bits per heavy atom. The molecule has 4 aromatic carbocycles. The summed E-state index contributed by atoms with van der Waals surface area (Å²) in [6, 6.07) is 29.9. The monoisotopic (exact) mass is 611 g/mol. The van der Waals surface area contributed by atoms with Crippen molar-refractivity contribution in [3.63, 3.8) is 0 Å². The highest BCUT2D eigenvalue weighted by atomic mass is 32.2. The molecule has 44 heavy (non-hydrogen) atoms. The van der Waals surface area contributed by atoms with Gasteiger partial charge in [0, 0.05) is 19.0 Å². The zero-order valence-corrected chi connectivity index (χ0v) is 26.8. The van der Waals surface area contributed by atoms with E-state index in [4.69, 9.17) is 0 Å². The van der Waals surface area contributed by atoms with Crippen LogP contribution in [0.15, 0.2) is 108 Å². The van der Waals surface area contributed by atoms with E-state index in [0.29, 0.717) is 5.69 Å². The molecule has 0 aliphatic rings. The highest BCUT2D eigenvalue weighted by Gasteiger charge is 2.34. The van der Waals surface area contributed by atoms with Crippen molar-refractivity contribution in [2.45, 2.75) is 64.6 Å². The van der Waals surface area contributed by atoms with Crippen LogP contribution in [0, 0.1) is 20.8 Å². The maximum Gasteiger partial charge on any atom is 0.264 e. The van der Waals surface area contributed by atoms with Gasteiger partial charge in [0.25, 0.3) is 10.0 Å². The van der Waals surface area contributed by atoms with Crippen LogP contribution >= 0.6 is 0 Å². The van der Waals surface area contributed by atoms with Crippen LogP contribution in [0.5, 0.6) is 0 Å². The number of nitrogens with zero attached hydrogens (tertiary/aromatic N) is 2. The topological polar surface area (TPSA) is 86.8 Å². The third-order valence-electron chi connectivity index (χ3n) is 7.31. The summed E-state index contributed by atoms with van der Waals surface area (Å²) in [5.41, 5.74) is 4.91. The van der Waals surface area contributed by atoms with Crippen molar-refractivity contribution in [1.29, 1.82) is 0 Å². The lowest BCUT2D eigenvalue weighted by Crippen LogP contribution is -2.54.